The highest BCUT2D eigenvalue weighted by Crippen LogP contribution is 2.26. The van der Waals surface area contributed by atoms with Crippen molar-refractivity contribution in [1.29, 1.82) is 0 Å². The zero-order valence-electron chi connectivity index (χ0n) is 15.0. The number of carbonyl (C=O) groups excluding carboxylic acids is 1. The van der Waals surface area contributed by atoms with Crippen molar-refractivity contribution in [3.63, 3.8) is 0 Å². The third-order valence-corrected chi connectivity index (χ3v) is 5.75. The van der Waals surface area contributed by atoms with E-state index in [0.717, 1.165) is 34.3 Å². The molecule has 1 amide bonds. The van der Waals surface area contributed by atoms with E-state index in [2.05, 4.69) is 17.4 Å². The summed E-state index contributed by atoms with van der Waals surface area (Å²) >= 11 is 7.56. The third kappa shape index (κ3) is 5.42. The molecule has 0 heterocycles. The molecule has 138 valence electrons. The summed E-state index contributed by atoms with van der Waals surface area (Å²) < 4.78 is 5.84. The Kier molecular flexibility index (Phi) is 6.86. The molecule has 0 fully saturated rings. The number of rotatable bonds is 7. The summed E-state index contributed by atoms with van der Waals surface area (Å²) in [5.74, 6) is 1.50. The van der Waals surface area contributed by atoms with Crippen LogP contribution in [0.3, 0.4) is 0 Å². The summed E-state index contributed by atoms with van der Waals surface area (Å²) in [7, 11) is 0. The normalized spacial score (nSPS) is 14.4. The minimum Gasteiger partial charge on any atom is -0.481 e. The molecule has 2 aromatic carbocycles. The molecular formula is C21H24ClNO2S. The van der Waals surface area contributed by atoms with E-state index in [1.54, 1.807) is 18.7 Å². The number of carbonyl (C=O) groups is 1. The predicted molar refractivity (Wildman–Crippen MR) is 108 cm³/mol. The highest BCUT2D eigenvalue weighted by molar-refractivity contribution is 7.99. The summed E-state index contributed by atoms with van der Waals surface area (Å²) in [6.45, 7) is 2.39. The Hall–Kier alpha value is -1.65. The van der Waals surface area contributed by atoms with Gasteiger partial charge in [-0.3, -0.25) is 4.79 Å². The molecule has 2 aromatic rings. The lowest BCUT2D eigenvalue weighted by Crippen LogP contribution is -2.37. The van der Waals surface area contributed by atoms with Crippen LogP contribution in [-0.2, 0) is 17.6 Å². The topological polar surface area (TPSA) is 38.3 Å². The lowest BCUT2D eigenvalue weighted by Gasteiger charge is -2.19. The van der Waals surface area contributed by atoms with E-state index < -0.39 is 6.10 Å². The molecule has 0 aliphatic heterocycles. The van der Waals surface area contributed by atoms with E-state index in [4.69, 9.17) is 16.3 Å². The van der Waals surface area contributed by atoms with Crippen LogP contribution in [0.15, 0.2) is 47.4 Å². The van der Waals surface area contributed by atoms with Crippen molar-refractivity contribution in [3.8, 4) is 5.75 Å². The monoisotopic (exact) mass is 389 g/mol. The number of thioether (sulfide) groups is 1. The number of amides is 1. The average molecular weight is 390 g/mol. The van der Waals surface area contributed by atoms with Crippen LogP contribution in [0.25, 0.3) is 0 Å². The van der Waals surface area contributed by atoms with Crippen molar-refractivity contribution in [3.05, 3.63) is 58.6 Å². The van der Waals surface area contributed by atoms with Crippen molar-refractivity contribution in [1.82, 2.24) is 5.32 Å². The second kappa shape index (κ2) is 9.33. The molecule has 0 saturated carbocycles. The minimum atomic E-state index is -0.503. The average Bonchev–Trinajstić information content (AvgIpc) is 2.66. The Morgan fingerprint density at radius 2 is 1.88 bits per heavy atom. The molecule has 1 unspecified atom stereocenters. The Bertz CT molecular complexity index is 748. The van der Waals surface area contributed by atoms with Crippen molar-refractivity contribution in [2.75, 3.05) is 12.3 Å². The number of ether oxygens (including phenoxy) is 1. The van der Waals surface area contributed by atoms with Crippen molar-refractivity contribution >= 4 is 29.3 Å². The van der Waals surface area contributed by atoms with E-state index in [0.29, 0.717) is 6.54 Å². The maximum absolute atomic E-state index is 12.2. The van der Waals surface area contributed by atoms with Crippen LogP contribution >= 0.6 is 23.4 Å². The van der Waals surface area contributed by atoms with Crippen LogP contribution in [0.4, 0.5) is 0 Å². The first-order valence-corrected chi connectivity index (χ1v) is 10.4. The van der Waals surface area contributed by atoms with Crippen LogP contribution < -0.4 is 10.1 Å². The number of halogens is 1. The lowest BCUT2D eigenvalue weighted by atomic mass is 9.92. The fourth-order valence-corrected chi connectivity index (χ4v) is 3.95. The highest BCUT2D eigenvalue weighted by Gasteiger charge is 2.16. The van der Waals surface area contributed by atoms with Crippen LogP contribution in [0.1, 0.15) is 30.9 Å². The molecule has 1 aliphatic carbocycles. The highest BCUT2D eigenvalue weighted by atomic mass is 35.5. The summed E-state index contributed by atoms with van der Waals surface area (Å²) in [5.41, 5.74) is 2.78. The van der Waals surface area contributed by atoms with Gasteiger partial charge in [0.15, 0.2) is 6.10 Å². The van der Waals surface area contributed by atoms with E-state index in [-0.39, 0.29) is 5.91 Å². The molecule has 0 aromatic heterocycles. The fraction of sp³-hybridized carbons (Fsp3) is 0.381. The molecule has 1 N–H and O–H groups in total. The molecule has 3 nitrogen and oxygen atoms in total. The van der Waals surface area contributed by atoms with Gasteiger partial charge in [0, 0.05) is 22.2 Å². The predicted octanol–water partition coefficient (Wildman–Crippen LogP) is 4.89. The van der Waals surface area contributed by atoms with Gasteiger partial charge in [-0.15, -0.1) is 11.8 Å². The summed E-state index contributed by atoms with van der Waals surface area (Å²) in [5, 5.41) is 3.67. The number of hydrogen-bond donors (Lipinski definition) is 1. The smallest absolute Gasteiger partial charge is 0.260 e. The van der Waals surface area contributed by atoms with Gasteiger partial charge >= 0.3 is 0 Å². The third-order valence-electron chi connectivity index (χ3n) is 4.49. The van der Waals surface area contributed by atoms with Gasteiger partial charge in [-0.1, -0.05) is 17.7 Å². The first-order valence-electron chi connectivity index (χ1n) is 9.06. The molecule has 0 radical (unpaired) electrons. The second-order valence-corrected chi connectivity index (χ2v) is 8.10. The van der Waals surface area contributed by atoms with Crippen molar-refractivity contribution < 1.29 is 9.53 Å². The molecule has 1 aliphatic rings. The largest absolute Gasteiger partial charge is 0.481 e. The maximum atomic E-state index is 12.2. The van der Waals surface area contributed by atoms with Gasteiger partial charge < -0.3 is 10.1 Å². The van der Waals surface area contributed by atoms with Crippen LogP contribution in [-0.4, -0.2) is 24.3 Å². The zero-order chi connectivity index (χ0) is 18.4. The summed E-state index contributed by atoms with van der Waals surface area (Å²) in [6, 6.07) is 13.9. The first-order chi connectivity index (χ1) is 12.6. The second-order valence-electron chi connectivity index (χ2n) is 6.49. The van der Waals surface area contributed by atoms with Gasteiger partial charge in [0.25, 0.3) is 5.91 Å². The quantitative estimate of drug-likeness (QED) is 0.541. The SMILES string of the molecule is CC(Oc1ccc2c(c1)CCCC2)C(=O)NCCSc1ccc(Cl)cc1. The fourth-order valence-electron chi connectivity index (χ4n) is 3.06. The number of hydrogen-bond acceptors (Lipinski definition) is 3. The molecule has 0 spiro atoms. The Morgan fingerprint density at radius 1 is 1.15 bits per heavy atom. The summed E-state index contributed by atoms with van der Waals surface area (Å²) in [6.07, 6.45) is 4.25. The number of nitrogens with one attached hydrogen (secondary N) is 1. The first kappa shape index (κ1) is 19.1. The molecule has 3 rings (SSSR count). The molecule has 26 heavy (non-hydrogen) atoms. The van der Waals surface area contributed by atoms with E-state index in [9.17, 15) is 4.79 Å². The number of fused-ring (bicyclic) bond motifs is 1. The number of aryl methyl sites for hydroxylation is 2. The van der Waals surface area contributed by atoms with Gasteiger partial charge in [0.05, 0.1) is 0 Å². The van der Waals surface area contributed by atoms with E-state index in [1.165, 1.54) is 24.0 Å². The van der Waals surface area contributed by atoms with Gasteiger partial charge in [0.2, 0.25) is 0 Å². The molecular weight excluding hydrogens is 366 g/mol. The van der Waals surface area contributed by atoms with E-state index in [1.807, 2.05) is 30.3 Å². The van der Waals surface area contributed by atoms with Crippen LogP contribution in [0.2, 0.25) is 5.02 Å². The molecule has 1 atom stereocenters. The zero-order valence-corrected chi connectivity index (χ0v) is 16.5. The van der Waals surface area contributed by atoms with Gasteiger partial charge in [-0.25, -0.2) is 0 Å². The Morgan fingerprint density at radius 3 is 2.65 bits per heavy atom. The van der Waals surface area contributed by atoms with Crippen LogP contribution in [0, 0.1) is 0 Å². The molecule has 0 saturated heterocycles. The van der Waals surface area contributed by atoms with Gasteiger partial charge in [-0.05, 0) is 80.1 Å². The Balaban J connectivity index is 1.42. The van der Waals surface area contributed by atoms with Gasteiger partial charge in [0.1, 0.15) is 5.75 Å². The lowest BCUT2D eigenvalue weighted by molar-refractivity contribution is -0.127. The Labute approximate surface area is 164 Å². The minimum absolute atomic E-state index is 0.0839. The standard InChI is InChI=1S/C21H24ClNO2S/c1-15(25-19-9-6-16-4-2-3-5-17(16)14-19)21(24)23-12-13-26-20-10-7-18(22)8-11-20/h6-11,14-15H,2-5,12-13H2,1H3,(H,23,24). The van der Waals surface area contributed by atoms with Crippen molar-refractivity contribution in [2.24, 2.45) is 0 Å². The number of benzene rings is 2. The molecule has 5 heteroatoms. The van der Waals surface area contributed by atoms with Crippen LogP contribution in [0.5, 0.6) is 5.75 Å². The van der Waals surface area contributed by atoms with Gasteiger partial charge in [-0.2, -0.15) is 0 Å². The van der Waals surface area contributed by atoms with E-state index >= 15 is 0 Å². The maximum Gasteiger partial charge on any atom is 0.260 e. The summed E-state index contributed by atoms with van der Waals surface area (Å²) in [4.78, 5) is 13.4. The molecule has 0 bridgehead atoms. The van der Waals surface area contributed by atoms with Crippen molar-refractivity contribution in [2.45, 2.75) is 43.6 Å².